The van der Waals surface area contributed by atoms with Gasteiger partial charge in [0.25, 0.3) is 5.91 Å². The summed E-state index contributed by atoms with van der Waals surface area (Å²) in [5.74, 6) is -0.0683. The maximum absolute atomic E-state index is 11.7. The molecule has 1 heterocycles. The fourth-order valence-electron chi connectivity index (χ4n) is 4.43. The van der Waals surface area contributed by atoms with E-state index in [4.69, 9.17) is 0 Å². The standard InChI is InChI=1S/C26H33N3O3S/c1-2-33(31,32)28-26(30)13-12-20-8-10-21(11-9-20)19-29-16-14-23(15-17-29)27-25-18-24(25)22-6-4-3-5-7-22/h3-13,23-25,27H,2,14-19H2,1H3,(H,28,30). The van der Waals surface area contributed by atoms with E-state index in [1.165, 1.54) is 43.4 Å². The van der Waals surface area contributed by atoms with Crippen LogP contribution in [0.25, 0.3) is 6.08 Å². The number of hydrogen-bond donors (Lipinski definition) is 2. The number of hydrogen-bond acceptors (Lipinski definition) is 5. The lowest BCUT2D eigenvalue weighted by Gasteiger charge is -2.32. The Morgan fingerprint density at radius 3 is 2.42 bits per heavy atom. The summed E-state index contributed by atoms with van der Waals surface area (Å²) in [5, 5.41) is 3.87. The minimum Gasteiger partial charge on any atom is -0.311 e. The summed E-state index contributed by atoms with van der Waals surface area (Å²) in [6.45, 7) is 4.59. The summed E-state index contributed by atoms with van der Waals surface area (Å²) in [5.41, 5.74) is 3.56. The zero-order valence-corrected chi connectivity index (χ0v) is 19.9. The van der Waals surface area contributed by atoms with Crippen LogP contribution in [0.3, 0.4) is 0 Å². The van der Waals surface area contributed by atoms with Crippen LogP contribution in [-0.2, 0) is 21.4 Å². The van der Waals surface area contributed by atoms with Gasteiger partial charge in [-0.3, -0.25) is 9.69 Å². The second kappa shape index (κ2) is 10.6. The molecule has 2 atom stereocenters. The number of nitrogens with one attached hydrogen (secondary N) is 2. The predicted molar refractivity (Wildman–Crippen MR) is 132 cm³/mol. The highest BCUT2D eigenvalue weighted by Crippen LogP contribution is 2.41. The van der Waals surface area contributed by atoms with Gasteiger partial charge >= 0.3 is 0 Å². The first-order valence-electron chi connectivity index (χ1n) is 11.8. The van der Waals surface area contributed by atoms with Crippen molar-refractivity contribution in [1.82, 2.24) is 14.9 Å². The molecular formula is C26H33N3O3S. The Labute approximate surface area is 197 Å². The van der Waals surface area contributed by atoms with Gasteiger partial charge in [-0.1, -0.05) is 54.6 Å². The van der Waals surface area contributed by atoms with Crippen molar-refractivity contribution in [2.45, 2.75) is 50.7 Å². The topological polar surface area (TPSA) is 78.5 Å². The van der Waals surface area contributed by atoms with Gasteiger partial charge in [-0.25, -0.2) is 13.1 Å². The lowest BCUT2D eigenvalue weighted by Crippen LogP contribution is -2.43. The number of sulfonamides is 1. The maximum atomic E-state index is 11.7. The van der Waals surface area contributed by atoms with Crippen LogP contribution >= 0.6 is 0 Å². The lowest BCUT2D eigenvalue weighted by atomic mass is 10.0. The number of rotatable bonds is 9. The number of amides is 1. The van der Waals surface area contributed by atoms with E-state index >= 15 is 0 Å². The Morgan fingerprint density at radius 1 is 1.06 bits per heavy atom. The van der Waals surface area contributed by atoms with Crippen molar-refractivity contribution in [2.24, 2.45) is 0 Å². The number of carbonyl (C=O) groups excluding carboxylic acids is 1. The highest BCUT2D eigenvalue weighted by atomic mass is 32.2. The van der Waals surface area contributed by atoms with Crippen LogP contribution in [0.2, 0.25) is 0 Å². The third-order valence-corrected chi connectivity index (χ3v) is 7.78. The van der Waals surface area contributed by atoms with Gasteiger partial charge < -0.3 is 5.32 Å². The molecule has 7 heteroatoms. The number of piperidine rings is 1. The highest BCUT2D eigenvalue weighted by molar-refractivity contribution is 7.90. The number of likely N-dealkylation sites (tertiary alicyclic amines) is 1. The molecule has 1 amide bonds. The van der Waals surface area contributed by atoms with Crippen LogP contribution in [0.5, 0.6) is 0 Å². The highest BCUT2D eigenvalue weighted by Gasteiger charge is 2.39. The number of carbonyl (C=O) groups is 1. The van der Waals surface area contributed by atoms with Gasteiger partial charge in [0.2, 0.25) is 10.0 Å². The van der Waals surface area contributed by atoms with Crippen molar-refractivity contribution in [3.8, 4) is 0 Å². The first kappa shape index (κ1) is 23.7. The quantitative estimate of drug-likeness (QED) is 0.554. The van der Waals surface area contributed by atoms with Crippen LogP contribution in [0.15, 0.2) is 60.7 Å². The molecule has 4 rings (SSSR count). The van der Waals surface area contributed by atoms with Crippen LogP contribution in [-0.4, -0.2) is 50.2 Å². The SMILES string of the molecule is CCS(=O)(=O)NC(=O)C=Cc1ccc(CN2CCC(NC3CC3c3ccccc3)CC2)cc1. The summed E-state index contributed by atoms with van der Waals surface area (Å²) in [7, 11) is -3.53. The van der Waals surface area contributed by atoms with Crippen molar-refractivity contribution in [1.29, 1.82) is 0 Å². The molecular weight excluding hydrogens is 434 g/mol. The van der Waals surface area contributed by atoms with Gasteiger partial charge in [0, 0.05) is 30.6 Å². The summed E-state index contributed by atoms with van der Waals surface area (Å²) >= 11 is 0. The van der Waals surface area contributed by atoms with E-state index < -0.39 is 15.9 Å². The first-order chi connectivity index (χ1) is 15.9. The van der Waals surface area contributed by atoms with Crippen LogP contribution < -0.4 is 10.0 Å². The molecule has 0 spiro atoms. The Bertz CT molecular complexity index is 1060. The molecule has 2 fully saturated rings. The van der Waals surface area contributed by atoms with Gasteiger partial charge in [0.1, 0.15) is 0 Å². The van der Waals surface area contributed by atoms with Crippen molar-refractivity contribution in [3.05, 3.63) is 77.4 Å². The molecule has 1 saturated heterocycles. The van der Waals surface area contributed by atoms with E-state index in [-0.39, 0.29) is 5.75 Å². The monoisotopic (exact) mass is 467 g/mol. The van der Waals surface area contributed by atoms with Gasteiger partial charge in [-0.2, -0.15) is 0 Å². The fraction of sp³-hybridized carbons (Fsp3) is 0.423. The second-order valence-corrected chi connectivity index (χ2v) is 11.0. The maximum Gasteiger partial charge on any atom is 0.257 e. The fourth-order valence-corrected chi connectivity index (χ4v) is 4.95. The molecule has 0 aromatic heterocycles. The molecule has 2 aromatic rings. The molecule has 176 valence electrons. The van der Waals surface area contributed by atoms with Gasteiger partial charge in [-0.05, 0) is 62.0 Å². The third kappa shape index (κ3) is 7.00. The molecule has 2 aliphatic rings. The average molecular weight is 468 g/mol. The zero-order valence-electron chi connectivity index (χ0n) is 19.1. The Morgan fingerprint density at radius 2 is 1.76 bits per heavy atom. The third-order valence-electron chi connectivity index (χ3n) is 6.50. The molecule has 33 heavy (non-hydrogen) atoms. The van der Waals surface area contributed by atoms with Gasteiger partial charge in [0.05, 0.1) is 5.75 Å². The minimum absolute atomic E-state index is 0.122. The minimum atomic E-state index is -3.53. The van der Waals surface area contributed by atoms with E-state index in [1.807, 2.05) is 16.9 Å². The van der Waals surface area contributed by atoms with E-state index in [9.17, 15) is 13.2 Å². The average Bonchev–Trinajstić information content (AvgIpc) is 3.59. The normalized spacial score (nSPS) is 21.8. The lowest BCUT2D eigenvalue weighted by molar-refractivity contribution is -0.114. The first-order valence-corrected chi connectivity index (χ1v) is 13.4. The van der Waals surface area contributed by atoms with E-state index in [2.05, 4.69) is 52.7 Å². The smallest absolute Gasteiger partial charge is 0.257 e. The molecule has 1 aliphatic carbocycles. The number of benzene rings is 2. The summed E-state index contributed by atoms with van der Waals surface area (Å²) in [6.07, 6.45) is 6.48. The molecule has 6 nitrogen and oxygen atoms in total. The summed E-state index contributed by atoms with van der Waals surface area (Å²) in [4.78, 5) is 14.2. The van der Waals surface area contributed by atoms with Crippen molar-refractivity contribution in [3.63, 3.8) is 0 Å². The van der Waals surface area contributed by atoms with Crippen LogP contribution in [0, 0.1) is 0 Å². The Kier molecular flexibility index (Phi) is 7.63. The molecule has 2 aromatic carbocycles. The zero-order chi connectivity index (χ0) is 23.3. The molecule has 0 radical (unpaired) electrons. The van der Waals surface area contributed by atoms with E-state index in [0.717, 1.165) is 25.2 Å². The van der Waals surface area contributed by atoms with Gasteiger partial charge in [-0.15, -0.1) is 0 Å². The molecule has 1 aliphatic heterocycles. The van der Waals surface area contributed by atoms with E-state index in [0.29, 0.717) is 18.0 Å². The molecule has 2 N–H and O–H groups in total. The van der Waals surface area contributed by atoms with Crippen molar-refractivity contribution >= 4 is 22.0 Å². The number of nitrogens with zero attached hydrogens (tertiary/aromatic N) is 1. The second-order valence-electron chi connectivity index (χ2n) is 9.02. The Hall–Kier alpha value is -2.48. The Balaban J connectivity index is 1.18. The van der Waals surface area contributed by atoms with Crippen molar-refractivity contribution < 1.29 is 13.2 Å². The van der Waals surface area contributed by atoms with Gasteiger partial charge in [0.15, 0.2) is 0 Å². The molecule has 1 saturated carbocycles. The predicted octanol–water partition coefficient (Wildman–Crippen LogP) is 3.28. The van der Waals surface area contributed by atoms with Crippen LogP contribution in [0.1, 0.15) is 48.8 Å². The summed E-state index contributed by atoms with van der Waals surface area (Å²) in [6, 6.07) is 20.1. The van der Waals surface area contributed by atoms with Crippen LogP contribution in [0.4, 0.5) is 0 Å². The van der Waals surface area contributed by atoms with E-state index in [1.54, 1.807) is 6.08 Å². The summed E-state index contributed by atoms with van der Waals surface area (Å²) < 4.78 is 24.9. The van der Waals surface area contributed by atoms with Crippen molar-refractivity contribution in [2.75, 3.05) is 18.8 Å². The molecule has 2 unspecified atom stereocenters. The molecule has 0 bridgehead atoms. The largest absolute Gasteiger partial charge is 0.311 e.